The van der Waals surface area contributed by atoms with E-state index >= 15 is 0 Å². The van der Waals surface area contributed by atoms with Crippen molar-refractivity contribution in [2.24, 2.45) is 4.99 Å². The summed E-state index contributed by atoms with van der Waals surface area (Å²) in [6.45, 7) is 3.86. The SMILES string of the molecule is CC(=O)Nc1cccc(CN=C(NCCc2ccco2)Nc2ccc3c(c2)OCCCO3)c1.I. The molecule has 1 aliphatic rings. The summed E-state index contributed by atoms with van der Waals surface area (Å²) in [5.41, 5.74) is 2.57. The molecule has 1 amide bonds. The lowest BCUT2D eigenvalue weighted by Gasteiger charge is -2.14. The number of anilines is 2. The molecule has 3 N–H and O–H groups in total. The maximum atomic E-state index is 11.3. The quantitative estimate of drug-likeness (QED) is 0.212. The maximum absolute atomic E-state index is 11.3. The number of furan rings is 1. The number of nitrogens with one attached hydrogen (secondary N) is 3. The fourth-order valence-electron chi connectivity index (χ4n) is 3.40. The third-order valence-electron chi connectivity index (χ3n) is 4.92. The van der Waals surface area contributed by atoms with Gasteiger partial charge in [-0.25, -0.2) is 4.99 Å². The van der Waals surface area contributed by atoms with E-state index in [1.807, 2.05) is 54.6 Å². The Morgan fingerprint density at radius 1 is 0.971 bits per heavy atom. The number of amides is 1. The molecule has 4 rings (SSSR count). The largest absolute Gasteiger partial charge is 0.490 e. The molecule has 0 radical (unpaired) electrons. The van der Waals surface area contributed by atoms with Crippen molar-refractivity contribution >= 4 is 47.2 Å². The van der Waals surface area contributed by atoms with E-state index < -0.39 is 0 Å². The van der Waals surface area contributed by atoms with Crippen molar-refractivity contribution in [1.29, 1.82) is 0 Å². The molecule has 0 bridgehead atoms. The minimum atomic E-state index is -0.105. The summed E-state index contributed by atoms with van der Waals surface area (Å²) in [4.78, 5) is 16.1. The van der Waals surface area contributed by atoms with Gasteiger partial charge in [-0.1, -0.05) is 12.1 Å². The number of hydrogen-bond acceptors (Lipinski definition) is 5. The summed E-state index contributed by atoms with van der Waals surface area (Å²) in [6.07, 6.45) is 3.26. The van der Waals surface area contributed by atoms with E-state index in [-0.39, 0.29) is 29.9 Å². The van der Waals surface area contributed by atoms with Crippen LogP contribution in [0.15, 0.2) is 70.3 Å². The van der Waals surface area contributed by atoms with Crippen LogP contribution in [0, 0.1) is 0 Å². The molecule has 0 fully saturated rings. The number of benzene rings is 2. The van der Waals surface area contributed by atoms with Crippen LogP contribution < -0.4 is 25.4 Å². The molecule has 0 saturated heterocycles. The molecular formula is C25H29IN4O4. The van der Waals surface area contributed by atoms with E-state index in [1.165, 1.54) is 6.92 Å². The molecule has 0 aliphatic carbocycles. The Morgan fingerprint density at radius 2 is 1.79 bits per heavy atom. The summed E-state index contributed by atoms with van der Waals surface area (Å²) >= 11 is 0. The van der Waals surface area contributed by atoms with E-state index in [9.17, 15) is 4.79 Å². The van der Waals surface area contributed by atoms with Crippen LogP contribution in [-0.4, -0.2) is 31.6 Å². The Kier molecular flexibility index (Phi) is 9.62. The topological polar surface area (TPSA) is 97.1 Å². The van der Waals surface area contributed by atoms with Crippen molar-refractivity contribution in [3.63, 3.8) is 0 Å². The van der Waals surface area contributed by atoms with Gasteiger partial charge in [-0.05, 0) is 42.0 Å². The zero-order valence-corrected chi connectivity index (χ0v) is 21.3. The number of nitrogens with zero attached hydrogens (tertiary/aromatic N) is 1. The van der Waals surface area contributed by atoms with Gasteiger partial charge < -0.3 is 29.8 Å². The van der Waals surface area contributed by atoms with Crippen LogP contribution in [0.4, 0.5) is 11.4 Å². The lowest BCUT2D eigenvalue weighted by atomic mass is 10.2. The lowest BCUT2D eigenvalue weighted by Crippen LogP contribution is -2.32. The molecule has 3 aromatic rings. The van der Waals surface area contributed by atoms with Gasteiger partial charge >= 0.3 is 0 Å². The number of aliphatic imine (C=N–C) groups is 1. The fourth-order valence-corrected chi connectivity index (χ4v) is 3.40. The molecule has 0 spiro atoms. The molecule has 2 heterocycles. The fraction of sp³-hybridized carbons (Fsp3) is 0.280. The van der Waals surface area contributed by atoms with Gasteiger partial charge in [-0.3, -0.25) is 4.79 Å². The van der Waals surface area contributed by atoms with Gasteiger partial charge in [-0.2, -0.15) is 0 Å². The van der Waals surface area contributed by atoms with Gasteiger partial charge in [0.25, 0.3) is 0 Å². The van der Waals surface area contributed by atoms with Crippen molar-refractivity contribution in [2.45, 2.75) is 26.3 Å². The van der Waals surface area contributed by atoms with Crippen molar-refractivity contribution < 1.29 is 18.7 Å². The Hall–Kier alpha value is -3.21. The van der Waals surface area contributed by atoms with Crippen LogP contribution >= 0.6 is 24.0 Å². The molecule has 180 valence electrons. The zero-order chi connectivity index (χ0) is 22.9. The van der Waals surface area contributed by atoms with E-state index in [4.69, 9.17) is 18.9 Å². The number of ether oxygens (including phenoxy) is 2. The first kappa shape index (κ1) is 25.4. The summed E-state index contributed by atoms with van der Waals surface area (Å²) in [5, 5.41) is 9.50. The van der Waals surface area contributed by atoms with Gasteiger partial charge in [0.05, 0.1) is 26.0 Å². The molecule has 1 aromatic heterocycles. The second-order valence-electron chi connectivity index (χ2n) is 7.64. The van der Waals surface area contributed by atoms with Crippen molar-refractivity contribution in [3.8, 4) is 11.5 Å². The molecular weight excluding hydrogens is 547 g/mol. The summed E-state index contributed by atoms with van der Waals surface area (Å²) in [6, 6.07) is 17.2. The highest BCUT2D eigenvalue weighted by atomic mass is 127. The molecule has 8 nitrogen and oxygen atoms in total. The highest BCUT2D eigenvalue weighted by Crippen LogP contribution is 2.32. The number of rotatable bonds is 7. The minimum absolute atomic E-state index is 0. The van der Waals surface area contributed by atoms with Gasteiger partial charge in [-0.15, -0.1) is 24.0 Å². The molecule has 0 unspecified atom stereocenters. The first-order chi connectivity index (χ1) is 16.2. The van der Waals surface area contributed by atoms with Crippen molar-refractivity contribution in [1.82, 2.24) is 5.32 Å². The average molecular weight is 576 g/mol. The van der Waals surface area contributed by atoms with Gasteiger partial charge in [0.2, 0.25) is 5.91 Å². The molecule has 9 heteroatoms. The Bertz CT molecular complexity index is 1100. The summed E-state index contributed by atoms with van der Waals surface area (Å²) in [7, 11) is 0. The van der Waals surface area contributed by atoms with E-state index in [1.54, 1.807) is 6.26 Å². The first-order valence-electron chi connectivity index (χ1n) is 11.0. The van der Waals surface area contributed by atoms with E-state index in [2.05, 4.69) is 16.0 Å². The smallest absolute Gasteiger partial charge is 0.221 e. The number of fused-ring (bicyclic) bond motifs is 1. The zero-order valence-electron chi connectivity index (χ0n) is 19.0. The molecule has 0 atom stereocenters. The van der Waals surface area contributed by atoms with E-state index in [0.29, 0.717) is 32.3 Å². The highest BCUT2D eigenvalue weighted by Gasteiger charge is 2.11. The number of carbonyl (C=O) groups excluding carboxylic acids is 1. The predicted octanol–water partition coefficient (Wildman–Crippen LogP) is 4.82. The third-order valence-corrected chi connectivity index (χ3v) is 4.92. The van der Waals surface area contributed by atoms with Gasteiger partial charge in [0.15, 0.2) is 17.5 Å². The highest BCUT2D eigenvalue weighted by molar-refractivity contribution is 14.0. The summed E-state index contributed by atoms with van der Waals surface area (Å²) in [5.74, 6) is 2.89. The van der Waals surface area contributed by atoms with E-state index in [0.717, 1.165) is 47.0 Å². The number of carbonyl (C=O) groups is 1. The van der Waals surface area contributed by atoms with Crippen LogP contribution in [0.1, 0.15) is 24.7 Å². The van der Waals surface area contributed by atoms with Crippen LogP contribution in [0.2, 0.25) is 0 Å². The summed E-state index contributed by atoms with van der Waals surface area (Å²) < 4.78 is 16.9. The average Bonchev–Trinajstić information content (AvgIpc) is 3.21. The van der Waals surface area contributed by atoms with Crippen molar-refractivity contribution in [3.05, 3.63) is 72.2 Å². The Morgan fingerprint density at radius 3 is 2.59 bits per heavy atom. The molecule has 2 aromatic carbocycles. The second-order valence-corrected chi connectivity index (χ2v) is 7.64. The second kappa shape index (κ2) is 12.9. The Labute approximate surface area is 216 Å². The lowest BCUT2D eigenvalue weighted by molar-refractivity contribution is -0.114. The maximum Gasteiger partial charge on any atom is 0.221 e. The third kappa shape index (κ3) is 7.68. The van der Waals surface area contributed by atoms with Gasteiger partial charge in [0, 0.05) is 43.8 Å². The van der Waals surface area contributed by atoms with Crippen LogP contribution in [-0.2, 0) is 17.8 Å². The van der Waals surface area contributed by atoms with Crippen molar-refractivity contribution in [2.75, 3.05) is 30.4 Å². The van der Waals surface area contributed by atoms with Crippen LogP contribution in [0.5, 0.6) is 11.5 Å². The van der Waals surface area contributed by atoms with Crippen LogP contribution in [0.3, 0.4) is 0 Å². The normalized spacial score (nSPS) is 12.8. The number of hydrogen-bond donors (Lipinski definition) is 3. The van der Waals surface area contributed by atoms with Gasteiger partial charge in [0.1, 0.15) is 5.76 Å². The number of halogens is 1. The predicted molar refractivity (Wildman–Crippen MR) is 143 cm³/mol. The Balaban J connectivity index is 0.00000324. The standard InChI is InChI=1S/C25H28N4O4.HI/c1-18(30)28-20-6-2-5-19(15-20)17-27-25(26-11-10-22-7-3-12-31-22)29-21-8-9-23-24(16-21)33-14-4-13-32-23;/h2-3,5-9,12,15-16H,4,10-11,13-14,17H2,1H3,(H,28,30)(H2,26,27,29);1H. The number of guanidine groups is 1. The van der Waals surface area contributed by atoms with Crippen LogP contribution in [0.25, 0.3) is 0 Å². The monoisotopic (exact) mass is 576 g/mol. The first-order valence-corrected chi connectivity index (χ1v) is 11.0. The molecule has 1 aliphatic heterocycles. The molecule has 0 saturated carbocycles. The minimum Gasteiger partial charge on any atom is -0.490 e. The molecule has 34 heavy (non-hydrogen) atoms.